The summed E-state index contributed by atoms with van der Waals surface area (Å²) in [4.78, 5) is 13.7. The number of rotatable bonds is 5. The van der Waals surface area contributed by atoms with Crippen molar-refractivity contribution in [2.75, 3.05) is 13.2 Å². The molecule has 19 heavy (non-hydrogen) atoms. The van der Waals surface area contributed by atoms with E-state index in [1.807, 2.05) is 37.3 Å². The Morgan fingerprint density at radius 1 is 1.32 bits per heavy atom. The third kappa shape index (κ3) is 4.28. The van der Waals surface area contributed by atoms with Gasteiger partial charge >= 0.3 is 5.97 Å². The maximum Gasteiger partial charge on any atom is 0.309 e. The average molecular weight is 257 g/mol. The second kappa shape index (κ2) is 6.78. The Morgan fingerprint density at radius 2 is 2.11 bits per heavy atom. The molecule has 2 rings (SSSR count). The van der Waals surface area contributed by atoms with Gasteiger partial charge in [-0.3, -0.25) is 4.79 Å². The van der Waals surface area contributed by atoms with Crippen molar-refractivity contribution in [3.63, 3.8) is 0 Å². The lowest BCUT2D eigenvalue weighted by Gasteiger charge is -2.24. The summed E-state index contributed by atoms with van der Waals surface area (Å²) in [5.74, 6) is -0.149. The molecule has 1 heterocycles. The van der Waals surface area contributed by atoms with Crippen molar-refractivity contribution < 1.29 is 9.53 Å². The summed E-state index contributed by atoms with van der Waals surface area (Å²) in [6.45, 7) is 3.91. The van der Waals surface area contributed by atoms with Crippen molar-refractivity contribution in [1.29, 1.82) is 0 Å². The maximum absolute atomic E-state index is 11.5. The van der Waals surface area contributed by atoms with E-state index < -0.39 is 0 Å². The molecule has 3 heteroatoms. The van der Waals surface area contributed by atoms with Crippen molar-refractivity contribution in [2.45, 2.75) is 19.9 Å². The Hall–Kier alpha value is -2.03. The normalized spacial score (nSPS) is 14.2. The number of nitrogens with zero attached hydrogens (tertiary/aromatic N) is 1. The van der Waals surface area contributed by atoms with Crippen molar-refractivity contribution in [3.8, 4) is 0 Å². The van der Waals surface area contributed by atoms with Gasteiger partial charge in [-0.05, 0) is 30.3 Å². The second-order valence-corrected chi connectivity index (χ2v) is 4.54. The van der Waals surface area contributed by atoms with Crippen molar-refractivity contribution in [2.24, 2.45) is 0 Å². The van der Waals surface area contributed by atoms with Crippen LogP contribution in [-0.2, 0) is 16.1 Å². The number of hydrogen-bond donors (Lipinski definition) is 0. The number of ether oxygens (including phenoxy) is 1. The van der Waals surface area contributed by atoms with Crippen molar-refractivity contribution in [1.82, 2.24) is 4.90 Å². The van der Waals surface area contributed by atoms with E-state index in [9.17, 15) is 4.79 Å². The number of carbonyl (C=O) groups is 1. The fourth-order valence-electron chi connectivity index (χ4n) is 2.11. The fraction of sp³-hybridized carbons (Fsp3) is 0.312. The van der Waals surface area contributed by atoms with Gasteiger partial charge in [0.1, 0.15) is 0 Å². The maximum atomic E-state index is 11.5. The molecule has 0 saturated carbocycles. The van der Waals surface area contributed by atoms with E-state index in [4.69, 9.17) is 4.74 Å². The van der Waals surface area contributed by atoms with Crippen LogP contribution in [-0.4, -0.2) is 24.0 Å². The van der Waals surface area contributed by atoms with Crippen LogP contribution in [0.25, 0.3) is 0 Å². The minimum Gasteiger partial charge on any atom is -0.466 e. The SMILES string of the molecule is CCOC(=O)CC1=CC=CN(Cc2ccccc2)C1. The Bertz CT molecular complexity index is 477. The average Bonchev–Trinajstić information content (AvgIpc) is 2.40. The summed E-state index contributed by atoms with van der Waals surface area (Å²) in [5.41, 5.74) is 2.36. The molecule has 0 amide bonds. The van der Waals surface area contributed by atoms with Gasteiger partial charge in [-0.25, -0.2) is 0 Å². The van der Waals surface area contributed by atoms with Gasteiger partial charge in [0, 0.05) is 13.1 Å². The first-order chi connectivity index (χ1) is 9.28. The number of carbonyl (C=O) groups excluding carboxylic acids is 1. The highest BCUT2D eigenvalue weighted by Gasteiger charge is 2.12. The molecule has 1 aromatic rings. The summed E-state index contributed by atoms with van der Waals surface area (Å²) in [6.07, 6.45) is 6.42. The molecule has 0 spiro atoms. The van der Waals surface area contributed by atoms with Crippen LogP contribution in [0.4, 0.5) is 0 Å². The summed E-state index contributed by atoms with van der Waals surface area (Å²) < 4.78 is 4.98. The predicted octanol–water partition coefficient (Wildman–Crippen LogP) is 2.90. The molecule has 0 atom stereocenters. The quantitative estimate of drug-likeness (QED) is 0.760. The van der Waals surface area contributed by atoms with E-state index in [1.165, 1.54) is 5.56 Å². The fourth-order valence-corrected chi connectivity index (χ4v) is 2.11. The van der Waals surface area contributed by atoms with Gasteiger partial charge in [0.25, 0.3) is 0 Å². The van der Waals surface area contributed by atoms with Gasteiger partial charge in [-0.1, -0.05) is 36.4 Å². The molecule has 0 aromatic heterocycles. The van der Waals surface area contributed by atoms with Gasteiger partial charge in [-0.15, -0.1) is 0 Å². The van der Waals surface area contributed by atoms with Crippen molar-refractivity contribution >= 4 is 5.97 Å². The van der Waals surface area contributed by atoms with E-state index >= 15 is 0 Å². The Balaban J connectivity index is 1.89. The topological polar surface area (TPSA) is 29.5 Å². The molecule has 0 radical (unpaired) electrons. The molecule has 0 aliphatic carbocycles. The van der Waals surface area contributed by atoms with Crippen LogP contribution in [0, 0.1) is 0 Å². The van der Waals surface area contributed by atoms with E-state index in [2.05, 4.69) is 23.2 Å². The van der Waals surface area contributed by atoms with E-state index in [-0.39, 0.29) is 5.97 Å². The van der Waals surface area contributed by atoms with Crippen LogP contribution < -0.4 is 0 Å². The van der Waals surface area contributed by atoms with Gasteiger partial charge in [0.05, 0.1) is 13.0 Å². The first-order valence-electron chi connectivity index (χ1n) is 6.57. The highest BCUT2D eigenvalue weighted by molar-refractivity contribution is 5.72. The Labute approximate surface area is 114 Å². The van der Waals surface area contributed by atoms with Gasteiger partial charge in [-0.2, -0.15) is 0 Å². The molecule has 0 fully saturated rings. The van der Waals surface area contributed by atoms with Crippen molar-refractivity contribution in [3.05, 3.63) is 59.8 Å². The molecule has 100 valence electrons. The van der Waals surface area contributed by atoms with Crippen LogP contribution in [0.3, 0.4) is 0 Å². The number of benzene rings is 1. The molecular formula is C16H19NO2. The first-order valence-corrected chi connectivity index (χ1v) is 6.57. The molecular weight excluding hydrogens is 238 g/mol. The Kier molecular flexibility index (Phi) is 4.78. The van der Waals surface area contributed by atoms with Gasteiger partial charge < -0.3 is 9.64 Å². The third-order valence-corrected chi connectivity index (χ3v) is 2.94. The molecule has 0 N–H and O–H groups in total. The highest BCUT2D eigenvalue weighted by atomic mass is 16.5. The second-order valence-electron chi connectivity index (χ2n) is 4.54. The minimum absolute atomic E-state index is 0.149. The smallest absolute Gasteiger partial charge is 0.309 e. The third-order valence-electron chi connectivity index (χ3n) is 2.94. The lowest BCUT2D eigenvalue weighted by Crippen LogP contribution is -2.23. The lowest BCUT2D eigenvalue weighted by molar-refractivity contribution is -0.142. The summed E-state index contributed by atoms with van der Waals surface area (Å²) in [5, 5.41) is 0. The largest absolute Gasteiger partial charge is 0.466 e. The predicted molar refractivity (Wildman–Crippen MR) is 75.3 cm³/mol. The first kappa shape index (κ1) is 13.4. The lowest BCUT2D eigenvalue weighted by atomic mass is 10.1. The molecule has 1 aromatic carbocycles. The van der Waals surface area contributed by atoms with Crippen LogP contribution in [0.15, 0.2) is 54.3 Å². The molecule has 0 saturated heterocycles. The summed E-state index contributed by atoms with van der Waals surface area (Å²) in [7, 11) is 0. The zero-order valence-electron chi connectivity index (χ0n) is 11.2. The molecule has 1 aliphatic heterocycles. The Morgan fingerprint density at radius 3 is 2.84 bits per heavy atom. The summed E-state index contributed by atoms with van der Waals surface area (Å²) >= 11 is 0. The summed E-state index contributed by atoms with van der Waals surface area (Å²) in [6, 6.07) is 10.3. The van der Waals surface area contributed by atoms with Crippen LogP contribution in [0.5, 0.6) is 0 Å². The molecule has 0 unspecified atom stereocenters. The van der Waals surface area contributed by atoms with Crippen LogP contribution in [0.2, 0.25) is 0 Å². The standard InChI is InChI=1S/C16H19NO2/c1-2-19-16(18)11-15-9-6-10-17(13-15)12-14-7-4-3-5-8-14/h3-10H,2,11-13H2,1H3. The van der Waals surface area contributed by atoms with Crippen LogP contribution in [0.1, 0.15) is 18.9 Å². The van der Waals surface area contributed by atoms with Gasteiger partial charge in [0.15, 0.2) is 0 Å². The van der Waals surface area contributed by atoms with E-state index in [1.54, 1.807) is 0 Å². The van der Waals surface area contributed by atoms with Gasteiger partial charge in [0.2, 0.25) is 0 Å². The van der Waals surface area contributed by atoms with Crippen LogP contribution >= 0.6 is 0 Å². The number of allylic oxidation sites excluding steroid dienone is 2. The van der Waals surface area contributed by atoms with E-state index in [0.29, 0.717) is 13.0 Å². The zero-order valence-corrected chi connectivity index (χ0v) is 11.2. The monoisotopic (exact) mass is 257 g/mol. The minimum atomic E-state index is -0.149. The molecule has 0 bridgehead atoms. The highest BCUT2D eigenvalue weighted by Crippen LogP contribution is 2.14. The number of esters is 1. The molecule has 1 aliphatic rings. The number of hydrogen-bond acceptors (Lipinski definition) is 3. The molecule has 3 nitrogen and oxygen atoms in total. The van der Waals surface area contributed by atoms with E-state index in [0.717, 1.165) is 18.7 Å². The zero-order chi connectivity index (χ0) is 13.5.